The van der Waals surface area contributed by atoms with Gasteiger partial charge in [0.05, 0.1) is 4.92 Å². The third kappa shape index (κ3) is 5.23. The molecule has 0 atom stereocenters. The topological polar surface area (TPSA) is 105 Å². The molecule has 32 heavy (non-hydrogen) atoms. The van der Waals surface area contributed by atoms with E-state index in [1.54, 1.807) is 48.5 Å². The fourth-order valence-corrected chi connectivity index (χ4v) is 3.20. The maximum atomic E-state index is 12.0. The first-order chi connectivity index (χ1) is 15.5. The Balaban J connectivity index is 1.80. The third-order valence-electron chi connectivity index (χ3n) is 4.29. The van der Waals surface area contributed by atoms with Gasteiger partial charge in [0.25, 0.3) is 0 Å². The monoisotopic (exact) mass is 466 g/mol. The molecule has 3 N–H and O–H groups in total. The number of benzene rings is 3. The molecule has 1 heterocycles. The average Bonchev–Trinajstić information content (AvgIpc) is 2.76. The summed E-state index contributed by atoms with van der Waals surface area (Å²) in [5, 5.41) is 22.1. The third-order valence-corrected chi connectivity index (χ3v) is 4.78. The molecule has 0 aliphatic heterocycles. The van der Waals surface area contributed by atoms with Crippen molar-refractivity contribution in [2.24, 2.45) is 0 Å². The second kappa shape index (κ2) is 9.51. The highest BCUT2D eigenvalue weighted by Gasteiger charge is 2.26. The summed E-state index contributed by atoms with van der Waals surface area (Å²) in [4.78, 5) is 20.2. The number of nitrogens with one attached hydrogen (secondary N) is 3. The molecule has 0 amide bonds. The van der Waals surface area contributed by atoms with Crippen LogP contribution in [0.25, 0.3) is 0 Å². The zero-order chi connectivity index (χ0) is 22.5. The number of hydrogen-bond acceptors (Lipinski definition) is 7. The SMILES string of the molecule is O=[N+]([O-])c1c(Nc2ccc(Cl)cc2)nc(Nc2ccccc2)nc1Nc1cccc(Cl)c1. The molecule has 1 aromatic heterocycles. The van der Waals surface area contributed by atoms with Gasteiger partial charge in [0.15, 0.2) is 0 Å². The van der Waals surface area contributed by atoms with Crippen molar-refractivity contribution in [3.63, 3.8) is 0 Å². The summed E-state index contributed by atoms with van der Waals surface area (Å²) in [5.74, 6) is 0.181. The van der Waals surface area contributed by atoms with Gasteiger partial charge in [-0.3, -0.25) is 10.1 Å². The van der Waals surface area contributed by atoms with Crippen molar-refractivity contribution >= 4 is 63.5 Å². The zero-order valence-electron chi connectivity index (χ0n) is 16.4. The van der Waals surface area contributed by atoms with Crippen LogP contribution in [0.2, 0.25) is 10.0 Å². The van der Waals surface area contributed by atoms with E-state index in [1.165, 1.54) is 0 Å². The molecule has 160 valence electrons. The van der Waals surface area contributed by atoms with Crippen molar-refractivity contribution in [3.8, 4) is 0 Å². The smallest absolute Gasteiger partial charge is 0.334 e. The second-order valence-electron chi connectivity index (χ2n) is 6.61. The Hall–Kier alpha value is -3.88. The molecule has 0 aliphatic carbocycles. The minimum absolute atomic E-state index is 0.00200. The Morgan fingerprint density at radius 3 is 1.91 bits per heavy atom. The zero-order valence-corrected chi connectivity index (χ0v) is 17.9. The van der Waals surface area contributed by atoms with Gasteiger partial charge in [-0.25, -0.2) is 0 Å². The summed E-state index contributed by atoms with van der Waals surface area (Å²) >= 11 is 12.0. The van der Waals surface area contributed by atoms with E-state index >= 15 is 0 Å². The fraction of sp³-hybridized carbons (Fsp3) is 0. The van der Waals surface area contributed by atoms with Crippen LogP contribution in [0.5, 0.6) is 0 Å². The summed E-state index contributed by atoms with van der Waals surface area (Å²) in [7, 11) is 0. The van der Waals surface area contributed by atoms with Gasteiger partial charge in [-0.05, 0) is 54.6 Å². The van der Waals surface area contributed by atoms with Crippen LogP contribution in [-0.2, 0) is 0 Å². The van der Waals surface area contributed by atoms with Crippen molar-refractivity contribution in [3.05, 3.63) is 99.0 Å². The molecule has 0 unspecified atom stereocenters. The van der Waals surface area contributed by atoms with Crippen LogP contribution in [0.15, 0.2) is 78.9 Å². The van der Waals surface area contributed by atoms with E-state index in [-0.39, 0.29) is 23.3 Å². The van der Waals surface area contributed by atoms with Gasteiger partial charge in [0, 0.05) is 27.1 Å². The van der Waals surface area contributed by atoms with Crippen molar-refractivity contribution in [2.45, 2.75) is 0 Å². The van der Waals surface area contributed by atoms with Crippen molar-refractivity contribution < 1.29 is 4.92 Å². The molecule has 0 spiro atoms. The Bertz CT molecular complexity index is 1250. The number of rotatable bonds is 7. The number of halogens is 2. The number of nitrogens with zero attached hydrogens (tertiary/aromatic N) is 3. The molecule has 0 aliphatic rings. The lowest BCUT2D eigenvalue weighted by molar-refractivity contribution is -0.383. The molecule has 10 heteroatoms. The van der Waals surface area contributed by atoms with Crippen molar-refractivity contribution in [1.29, 1.82) is 0 Å². The highest BCUT2D eigenvalue weighted by molar-refractivity contribution is 6.31. The maximum Gasteiger partial charge on any atom is 0.354 e. The fourth-order valence-electron chi connectivity index (χ4n) is 2.88. The van der Waals surface area contributed by atoms with Gasteiger partial charge in [-0.15, -0.1) is 0 Å². The molecule has 0 fully saturated rings. The van der Waals surface area contributed by atoms with Gasteiger partial charge >= 0.3 is 5.69 Å². The minimum Gasteiger partial charge on any atom is -0.334 e. The first-order valence-electron chi connectivity index (χ1n) is 9.41. The van der Waals surface area contributed by atoms with E-state index in [2.05, 4.69) is 25.9 Å². The number of anilines is 6. The lowest BCUT2D eigenvalue weighted by Gasteiger charge is -2.13. The van der Waals surface area contributed by atoms with Crippen molar-refractivity contribution in [2.75, 3.05) is 16.0 Å². The predicted octanol–water partition coefficient (Wildman–Crippen LogP) is 6.92. The van der Waals surface area contributed by atoms with Crippen LogP contribution in [0.4, 0.5) is 40.3 Å². The standard InChI is InChI=1S/C22H16Cl2N6O2/c23-14-9-11-17(12-10-14)25-20-19(30(31)32)21(26-18-8-4-5-15(24)13-18)29-22(28-20)27-16-6-2-1-3-7-16/h1-13H,(H3,25,26,27,28,29). The minimum atomic E-state index is -0.544. The van der Waals surface area contributed by atoms with E-state index in [9.17, 15) is 10.1 Å². The van der Waals surface area contributed by atoms with Gasteiger partial charge in [0.2, 0.25) is 17.6 Å². The molecule has 8 nitrogen and oxygen atoms in total. The molecule has 0 saturated carbocycles. The Morgan fingerprint density at radius 1 is 0.688 bits per heavy atom. The molecule has 0 bridgehead atoms. The van der Waals surface area contributed by atoms with Crippen LogP contribution in [0.1, 0.15) is 0 Å². The van der Waals surface area contributed by atoms with E-state index in [0.717, 1.165) is 5.69 Å². The van der Waals surface area contributed by atoms with Gasteiger partial charge < -0.3 is 16.0 Å². The number of aromatic nitrogens is 2. The molecule has 4 rings (SSSR count). The normalized spacial score (nSPS) is 10.4. The van der Waals surface area contributed by atoms with E-state index in [4.69, 9.17) is 23.2 Å². The summed E-state index contributed by atoms with van der Waals surface area (Å²) in [6.07, 6.45) is 0. The number of para-hydroxylation sites is 1. The number of hydrogen-bond donors (Lipinski definition) is 3. The van der Waals surface area contributed by atoms with E-state index in [1.807, 2.05) is 30.3 Å². The molecular weight excluding hydrogens is 451 g/mol. The summed E-state index contributed by atoms with van der Waals surface area (Å²) in [6.45, 7) is 0. The van der Waals surface area contributed by atoms with Crippen molar-refractivity contribution in [1.82, 2.24) is 9.97 Å². The Morgan fingerprint density at radius 2 is 1.28 bits per heavy atom. The lowest BCUT2D eigenvalue weighted by Crippen LogP contribution is -2.09. The van der Waals surface area contributed by atoms with E-state index < -0.39 is 4.92 Å². The van der Waals surface area contributed by atoms with Crippen LogP contribution >= 0.6 is 23.2 Å². The first kappa shape index (κ1) is 21.4. The largest absolute Gasteiger partial charge is 0.354 e. The summed E-state index contributed by atoms with van der Waals surface area (Å²) in [5.41, 5.74) is 1.53. The first-order valence-corrected chi connectivity index (χ1v) is 10.2. The Labute approximate surface area is 193 Å². The van der Waals surface area contributed by atoms with Gasteiger partial charge in [0.1, 0.15) is 0 Å². The molecule has 4 aromatic rings. The highest BCUT2D eigenvalue weighted by Crippen LogP contribution is 2.36. The maximum absolute atomic E-state index is 12.0. The highest BCUT2D eigenvalue weighted by atomic mass is 35.5. The molecule has 0 saturated heterocycles. The van der Waals surface area contributed by atoms with Gasteiger partial charge in [-0.2, -0.15) is 9.97 Å². The van der Waals surface area contributed by atoms with Crippen LogP contribution in [0, 0.1) is 10.1 Å². The van der Waals surface area contributed by atoms with Crippen LogP contribution in [-0.4, -0.2) is 14.9 Å². The lowest BCUT2D eigenvalue weighted by atomic mass is 10.3. The average molecular weight is 467 g/mol. The second-order valence-corrected chi connectivity index (χ2v) is 7.48. The van der Waals surface area contributed by atoms with Gasteiger partial charge in [-0.1, -0.05) is 47.5 Å². The predicted molar refractivity (Wildman–Crippen MR) is 128 cm³/mol. The van der Waals surface area contributed by atoms with Crippen LogP contribution in [0.3, 0.4) is 0 Å². The van der Waals surface area contributed by atoms with Crippen LogP contribution < -0.4 is 16.0 Å². The van der Waals surface area contributed by atoms with E-state index in [0.29, 0.717) is 21.4 Å². The Kier molecular flexibility index (Phi) is 6.34. The summed E-state index contributed by atoms with van der Waals surface area (Å²) < 4.78 is 0. The summed E-state index contributed by atoms with van der Waals surface area (Å²) in [6, 6.07) is 22.8. The molecular formula is C22H16Cl2N6O2. The molecule has 0 radical (unpaired) electrons. The quantitative estimate of drug-likeness (QED) is 0.200. The molecule has 3 aromatic carbocycles. The number of nitro groups is 1.